The number of aliphatic hydroxyl groups is 2. The number of anilines is 1. The van der Waals surface area contributed by atoms with Gasteiger partial charge in [-0.2, -0.15) is 0 Å². The van der Waals surface area contributed by atoms with Crippen LogP contribution in [0.3, 0.4) is 0 Å². The maximum absolute atomic E-state index is 12.4. The molecule has 0 aliphatic heterocycles. The Balaban J connectivity index is 2.14. The summed E-state index contributed by atoms with van der Waals surface area (Å²) in [4.78, 5) is 12.4. The summed E-state index contributed by atoms with van der Waals surface area (Å²) < 4.78 is 17.3. The minimum absolute atomic E-state index is 0.0774. The average molecular weight is 454 g/mol. The first kappa shape index (κ1) is 22.2. The number of ether oxygens (including phenoxy) is 3. The van der Waals surface area contributed by atoms with E-state index in [-0.39, 0.29) is 19.8 Å². The van der Waals surface area contributed by atoms with Gasteiger partial charge >= 0.3 is 6.09 Å². The summed E-state index contributed by atoms with van der Waals surface area (Å²) in [7, 11) is 1.50. The third-order valence-corrected chi connectivity index (χ3v) is 4.48. The van der Waals surface area contributed by atoms with Gasteiger partial charge in [-0.3, -0.25) is 5.32 Å². The number of hydrogen-bond donors (Lipinski definition) is 3. The number of methoxy groups -OCH3 is 1. The second kappa shape index (κ2) is 11.7. The minimum atomic E-state index is -0.723. The predicted molar refractivity (Wildman–Crippen MR) is 109 cm³/mol. The van der Waals surface area contributed by atoms with Crippen LogP contribution in [-0.2, 0) is 9.47 Å². The Morgan fingerprint density at radius 1 is 1.07 bits per heavy atom. The number of rotatable bonds is 10. The van der Waals surface area contributed by atoms with Gasteiger partial charge in [-0.25, -0.2) is 4.79 Å². The molecule has 2 aromatic rings. The summed E-state index contributed by atoms with van der Waals surface area (Å²) in [6, 6.07) is 14.1. The fourth-order valence-corrected chi connectivity index (χ4v) is 2.86. The van der Waals surface area contributed by atoms with Gasteiger partial charge in [0.15, 0.2) is 6.10 Å². The number of carbonyl (C=O) groups excluding carboxylic acids is 1. The van der Waals surface area contributed by atoms with Crippen LogP contribution >= 0.6 is 15.9 Å². The lowest BCUT2D eigenvalue weighted by molar-refractivity contribution is -0.0306. The summed E-state index contributed by atoms with van der Waals surface area (Å²) >= 11 is 3.34. The monoisotopic (exact) mass is 453 g/mol. The molecule has 0 aliphatic carbocycles. The molecular weight excluding hydrogens is 430 g/mol. The van der Waals surface area contributed by atoms with E-state index in [0.29, 0.717) is 23.4 Å². The predicted octanol–water partition coefficient (Wildman–Crippen LogP) is 3.51. The standard InChI is InChI=1S/C20H24BrNO6/c1-26-18(10-11-23)19(14-2-8-17(9-3-14)27-13-12-24)28-20(25)22-16-6-4-15(21)5-7-16/h2-9,18-19,23-24H,10-13H2,1H3,(H,22,25)/t18-,19-/m0/s1. The van der Waals surface area contributed by atoms with Gasteiger partial charge in [0.2, 0.25) is 0 Å². The van der Waals surface area contributed by atoms with Crippen LogP contribution in [0, 0.1) is 0 Å². The molecule has 0 unspecified atom stereocenters. The van der Waals surface area contributed by atoms with Crippen LogP contribution in [0.25, 0.3) is 0 Å². The first-order chi connectivity index (χ1) is 13.6. The van der Waals surface area contributed by atoms with Crippen molar-refractivity contribution in [3.05, 3.63) is 58.6 Å². The second-order valence-corrected chi connectivity index (χ2v) is 6.80. The number of benzene rings is 2. The van der Waals surface area contributed by atoms with Gasteiger partial charge in [0, 0.05) is 30.3 Å². The summed E-state index contributed by atoms with van der Waals surface area (Å²) in [5.74, 6) is 0.590. The van der Waals surface area contributed by atoms with Gasteiger partial charge < -0.3 is 24.4 Å². The van der Waals surface area contributed by atoms with Crippen molar-refractivity contribution < 1.29 is 29.2 Å². The summed E-state index contributed by atoms with van der Waals surface area (Å²) in [5, 5.41) is 20.8. The van der Waals surface area contributed by atoms with E-state index in [4.69, 9.17) is 19.3 Å². The molecule has 8 heteroatoms. The van der Waals surface area contributed by atoms with Gasteiger partial charge in [-0.05, 0) is 42.0 Å². The SMILES string of the molecule is CO[C@@H](CCO)[C@@H](OC(=O)Nc1ccc(Br)cc1)c1ccc(OCCO)cc1. The Hall–Kier alpha value is -2.13. The molecule has 0 radical (unpaired) electrons. The molecular formula is C20H24BrNO6. The molecule has 2 aromatic carbocycles. The van der Waals surface area contributed by atoms with Crippen molar-refractivity contribution in [1.29, 1.82) is 0 Å². The van der Waals surface area contributed by atoms with Crippen LogP contribution in [0.4, 0.5) is 10.5 Å². The highest BCUT2D eigenvalue weighted by Crippen LogP contribution is 2.28. The van der Waals surface area contributed by atoms with Crippen LogP contribution in [0.15, 0.2) is 53.0 Å². The lowest BCUT2D eigenvalue weighted by atomic mass is 10.0. The Bertz CT molecular complexity index is 722. The third kappa shape index (κ3) is 6.79. The Morgan fingerprint density at radius 2 is 1.75 bits per heavy atom. The highest BCUT2D eigenvalue weighted by molar-refractivity contribution is 9.10. The number of halogens is 1. The molecule has 0 aromatic heterocycles. The van der Waals surface area contributed by atoms with E-state index < -0.39 is 18.3 Å². The number of nitrogens with one attached hydrogen (secondary N) is 1. The zero-order chi connectivity index (χ0) is 20.4. The molecule has 0 saturated carbocycles. The highest BCUT2D eigenvalue weighted by atomic mass is 79.9. The smallest absolute Gasteiger partial charge is 0.412 e. The highest BCUT2D eigenvalue weighted by Gasteiger charge is 2.27. The van der Waals surface area contributed by atoms with E-state index in [9.17, 15) is 9.90 Å². The summed E-state index contributed by atoms with van der Waals surface area (Å²) in [6.07, 6.45) is -1.58. The van der Waals surface area contributed by atoms with E-state index >= 15 is 0 Å². The van der Waals surface area contributed by atoms with Crippen molar-refractivity contribution in [1.82, 2.24) is 0 Å². The molecule has 7 nitrogen and oxygen atoms in total. The van der Waals surface area contributed by atoms with E-state index in [0.717, 1.165) is 4.47 Å². The molecule has 0 bridgehead atoms. The molecule has 2 atom stereocenters. The van der Waals surface area contributed by atoms with Crippen molar-refractivity contribution in [3.8, 4) is 5.75 Å². The summed E-state index contributed by atoms with van der Waals surface area (Å²) in [5.41, 5.74) is 1.29. The maximum Gasteiger partial charge on any atom is 0.412 e. The molecule has 0 heterocycles. The number of carbonyl (C=O) groups is 1. The van der Waals surface area contributed by atoms with Crippen LogP contribution in [-0.4, -0.2) is 49.3 Å². The van der Waals surface area contributed by atoms with Crippen molar-refractivity contribution in [2.45, 2.75) is 18.6 Å². The quantitative estimate of drug-likeness (QED) is 0.509. The molecule has 2 rings (SSSR count). The molecule has 0 spiro atoms. The van der Waals surface area contributed by atoms with Crippen LogP contribution in [0.2, 0.25) is 0 Å². The first-order valence-corrected chi connectivity index (χ1v) is 9.57. The number of aliphatic hydroxyl groups excluding tert-OH is 2. The zero-order valence-electron chi connectivity index (χ0n) is 15.5. The van der Waals surface area contributed by atoms with Crippen LogP contribution in [0.1, 0.15) is 18.1 Å². The molecule has 0 saturated heterocycles. The fourth-order valence-electron chi connectivity index (χ4n) is 2.59. The van der Waals surface area contributed by atoms with Gasteiger partial charge in [0.1, 0.15) is 18.5 Å². The van der Waals surface area contributed by atoms with Crippen molar-refractivity contribution in [3.63, 3.8) is 0 Å². The van der Waals surface area contributed by atoms with Gasteiger partial charge in [-0.1, -0.05) is 28.1 Å². The van der Waals surface area contributed by atoms with Gasteiger partial charge in [0.25, 0.3) is 0 Å². The molecule has 0 fully saturated rings. The zero-order valence-corrected chi connectivity index (χ0v) is 17.1. The molecule has 1 amide bonds. The number of amides is 1. The third-order valence-electron chi connectivity index (χ3n) is 3.95. The second-order valence-electron chi connectivity index (χ2n) is 5.89. The normalized spacial score (nSPS) is 12.9. The van der Waals surface area contributed by atoms with Gasteiger partial charge in [0.05, 0.1) is 6.61 Å². The first-order valence-electron chi connectivity index (χ1n) is 8.78. The Morgan fingerprint density at radius 3 is 2.32 bits per heavy atom. The maximum atomic E-state index is 12.4. The van der Waals surface area contributed by atoms with Crippen LogP contribution < -0.4 is 10.1 Å². The Kier molecular flexibility index (Phi) is 9.22. The largest absolute Gasteiger partial charge is 0.491 e. The van der Waals surface area contributed by atoms with Crippen molar-refractivity contribution >= 4 is 27.7 Å². The van der Waals surface area contributed by atoms with E-state index in [1.165, 1.54) is 7.11 Å². The molecule has 0 aliphatic rings. The van der Waals surface area contributed by atoms with E-state index in [2.05, 4.69) is 21.2 Å². The average Bonchev–Trinajstić information content (AvgIpc) is 2.71. The van der Waals surface area contributed by atoms with Crippen LogP contribution in [0.5, 0.6) is 5.75 Å². The number of hydrogen-bond acceptors (Lipinski definition) is 6. The minimum Gasteiger partial charge on any atom is -0.491 e. The lowest BCUT2D eigenvalue weighted by Gasteiger charge is -2.26. The molecule has 28 heavy (non-hydrogen) atoms. The molecule has 3 N–H and O–H groups in total. The fraction of sp³-hybridized carbons (Fsp3) is 0.350. The topological polar surface area (TPSA) is 97.2 Å². The van der Waals surface area contributed by atoms with Crippen molar-refractivity contribution in [2.75, 3.05) is 32.2 Å². The Labute approximate surface area is 172 Å². The summed E-state index contributed by atoms with van der Waals surface area (Å²) in [6.45, 7) is 0.0104. The molecule has 152 valence electrons. The van der Waals surface area contributed by atoms with Gasteiger partial charge in [-0.15, -0.1) is 0 Å². The lowest BCUT2D eigenvalue weighted by Crippen LogP contribution is -2.28. The van der Waals surface area contributed by atoms with E-state index in [1.54, 1.807) is 36.4 Å². The van der Waals surface area contributed by atoms with Crippen molar-refractivity contribution in [2.24, 2.45) is 0 Å². The van der Waals surface area contributed by atoms with E-state index in [1.807, 2.05) is 12.1 Å².